The van der Waals surface area contributed by atoms with Gasteiger partial charge in [0.05, 0.1) is 0 Å². The third-order valence-corrected chi connectivity index (χ3v) is 3.58. The van der Waals surface area contributed by atoms with Crippen molar-refractivity contribution in [1.29, 1.82) is 0 Å². The lowest BCUT2D eigenvalue weighted by Crippen LogP contribution is -2.43. The highest BCUT2D eigenvalue weighted by Gasteiger charge is 2.34. The SMILES string of the molecule is CC1CC(C)CN(C(=O)c2c(F)c(F)c(F)c(F)c2F)C1. The first-order valence-electron chi connectivity index (χ1n) is 6.54. The smallest absolute Gasteiger partial charge is 0.260 e. The Labute approximate surface area is 118 Å². The van der Waals surface area contributed by atoms with Crippen LogP contribution in [0, 0.1) is 40.9 Å². The van der Waals surface area contributed by atoms with Gasteiger partial charge in [-0.05, 0) is 18.3 Å². The second-order valence-electron chi connectivity index (χ2n) is 5.60. The topological polar surface area (TPSA) is 20.3 Å². The normalized spacial score (nSPS) is 22.5. The van der Waals surface area contributed by atoms with Crippen molar-refractivity contribution in [2.24, 2.45) is 11.8 Å². The summed E-state index contributed by atoms with van der Waals surface area (Å²) < 4.78 is 66.5. The van der Waals surface area contributed by atoms with Crippen molar-refractivity contribution in [2.45, 2.75) is 20.3 Å². The van der Waals surface area contributed by atoms with Crippen molar-refractivity contribution in [2.75, 3.05) is 13.1 Å². The Hall–Kier alpha value is -1.66. The molecule has 2 nitrogen and oxygen atoms in total. The fourth-order valence-corrected chi connectivity index (χ4v) is 2.78. The molecule has 1 saturated heterocycles. The number of amides is 1. The molecule has 0 radical (unpaired) electrons. The molecule has 0 aliphatic carbocycles. The first-order valence-corrected chi connectivity index (χ1v) is 6.54. The molecule has 0 saturated carbocycles. The molecule has 21 heavy (non-hydrogen) atoms. The number of benzene rings is 1. The number of piperidine rings is 1. The molecule has 2 rings (SSSR count). The van der Waals surface area contributed by atoms with Crippen molar-refractivity contribution in [3.8, 4) is 0 Å². The van der Waals surface area contributed by atoms with E-state index >= 15 is 0 Å². The number of hydrogen-bond donors (Lipinski definition) is 0. The van der Waals surface area contributed by atoms with Gasteiger partial charge in [-0.25, -0.2) is 22.0 Å². The second kappa shape index (κ2) is 5.61. The first kappa shape index (κ1) is 15.7. The zero-order valence-electron chi connectivity index (χ0n) is 11.5. The number of nitrogens with zero attached hydrogens (tertiary/aromatic N) is 1. The summed E-state index contributed by atoms with van der Waals surface area (Å²) >= 11 is 0. The van der Waals surface area contributed by atoms with Crippen LogP contribution in [0.25, 0.3) is 0 Å². The molecule has 1 aromatic rings. The number of carbonyl (C=O) groups is 1. The van der Waals surface area contributed by atoms with Crippen LogP contribution in [0.4, 0.5) is 22.0 Å². The Kier molecular flexibility index (Phi) is 4.20. The highest BCUT2D eigenvalue weighted by Crippen LogP contribution is 2.27. The average molecular weight is 307 g/mol. The molecule has 1 heterocycles. The van der Waals surface area contributed by atoms with E-state index in [0.717, 1.165) is 11.3 Å². The van der Waals surface area contributed by atoms with Crippen molar-refractivity contribution >= 4 is 5.91 Å². The molecule has 0 spiro atoms. The third kappa shape index (κ3) is 2.73. The van der Waals surface area contributed by atoms with Crippen molar-refractivity contribution in [3.63, 3.8) is 0 Å². The van der Waals surface area contributed by atoms with Crippen LogP contribution in [-0.4, -0.2) is 23.9 Å². The minimum Gasteiger partial charge on any atom is -0.338 e. The molecule has 1 aliphatic heterocycles. The van der Waals surface area contributed by atoms with E-state index in [4.69, 9.17) is 0 Å². The van der Waals surface area contributed by atoms with E-state index in [2.05, 4.69) is 0 Å². The standard InChI is InChI=1S/C14H14F5NO/c1-6-3-7(2)5-20(4-6)14(21)8-9(15)11(17)13(19)12(18)10(8)16/h6-7H,3-5H2,1-2H3. The second-order valence-corrected chi connectivity index (χ2v) is 5.60. The highest BCUT2D eigenvalue weighted by atomic mass is 19.2. The average Bonchev–Trinajstić information content (AvgIpc) is 2.42. The molecular formula is C14H14F5NO. The summed E-state index contributed by atoms with van der Waals surface area (Å²) in [4.78, 5) is 13.3. The van der Waals surface area contributed by atoms with Crippen LogP contribution in [0.15, 0.2) is 0 Å². The van der Waals surface area contributed by atoms with Crippen LogP contribution >= 0.6 is 0 Å². The molecule has 1 amide bonds. The monoisotopic (exact) mass is 307 g/mol. The molecule has 7 heteroatoms. The zero-order chi connectivity index (χ0) is 15.9. The van der Waals surface area contributed by atoms with E-state index in [9.17, 15) is 26.7 Å². The van der Waals surface area contributed by atoms with Crippen molar-refractivity contribution in [1.82, 2.24) is 4.90 Å². The number of likely N-dealkylation sites (tertiary alicyclic amines) is 1. The Morgan fingerprint density at radius 1 is 0.857 bits per heavy atom. The molecule has 116 valence electrons. The predicted molar refractivity (Wildman–Crippen MR) is 65.1 cm³/mol. The van der Waals surface area contributed by atoms with Gasteiger partial charge < -0.3 is 4.90 Å². The van der Waals surface area contributed by atoms with Gasteiger partial charge in [-0.2, -0.15) is 0 Å². The molecule has 0 N–H and O–H groups in total. The Morgan fingerprint density at radius 3 is 1.67 bits per heavy atom. The van der Waals surface area contributed by atoms with E-state index in [0.29, 0.717) is 0 Å². The van der Waals surface area contributed by atoms with E-state index in [1.807, 2.05) is 13.8 Å². The van der Waals surface area contributed by atoms with Crippen LogP contribution < -0.4 is 0 Å². The van der Waals surface area contributed by atoms with Crippen LogP contribution in [-0.2, 0) is 0 Å². The minimum atomic E-state index is -2.26. The van der Waals surface area contributed by atoms with Gasteiger partial charge in [-0.15, -0.1) is 0 Å². The van der Waals surface area contributed by atoms with Gasteiger partial charge in [0, 0.05) is 13.1 Å². The van der Waals surface area contributed by atoms with Crippen molar-refractivity contribution < 1.29 is 26.7 Å². The molecular weight excluding hydrogens is 293 g/mol. The molecule has 1 fully saturated rings. The number of rotatable bonds is 1. The molecule has 1 aromatic carbocycles. The van der Waals surface area contributed by atoms with Gasteiger partial charge in [0.2, 0.25) is 5.82 Å². The Balaban J connectivity index is 2.44. The number of carbonyl (C=O) groups excluding carboxylic acids is 1. The summed E-state index contributed by atoms with van der Waals surface area (Å²) in [5.74, 6) is -11.6. The fraction of sp³-hybridized carbons (Fsp3) is 0.500. The molecule has 2 atom stereocenters. The van der Waals surface area contributed by atoms with Crippen LogP contribution in [0.5, 0.6) is 0 Å². The summed E-state index contributed by atoms with van der Waals surface area (Å²) in [6, 6.07) is 0. The molecule has 2 unspecified atom stereocenters. The largest absolute Gasteiger partial charge is 0.338 e. The summed E-state index contributed by atoms with van der Waals surface area (Å²) in [6.07, 6.45) is 0.834. The zero-order valence-corrected chi connectivity index (χ0v) is 11.5. The maximum absolute atomic E-state index is 13.6. The summed E-state index contributed by atoms with van der Waals surface area (Å²) in [7, 11) is 0. The Morgan fingerprint density at radius 2 is 1.24 bits per heavy atom. The highest BCUT2D eigenvalue weighted by molar-refractivity contribution is 5.95. The third-order valence-electron chi connectivity index (χ3n) is 3.58. The number of hydrogen-bond acceptors (Lipinski definition) is 1. The van der Waals surface area contributed by atoms with Gasteiger partial charge in [0.25, 0.3) is 5.91 Å². The van der Waals surface area contributed by atoms with Gasteiger partial charge in [-0.3, -0.25) is 4.79 Å². The number of halogens is 5. The lowest BCUT2D eigenvalue weighted by atomic mass is 9.91. The minimum absolute atomic E-state index is 0.0963. The maximum Gasteiger partial charge on any atom is 0.260 e. The molecule has 0 bridgehead atoms. The molecule has 1 aliphatic rings. The summed E-state index contributed by atoms with van der Waals surface area (Å²) in [5, 5.41) is 0. The lowest BCUT2D eigenvalue weighted by molar-refractivity contribution is 0.0610. The fourth-order valence-electron chi connectivity index (χ4n) is 2.78. The first-order chi connectivity index (χ1) is 9.73. The van der Waals surface area contributed by atoms with Crippen LogP contribution in [0.1, 0.15) is 30.6 Å². The van der Waals surface area contributed by atoms with E-state index in [1.165, 1.54) is 0 Å². The predicted octanol–water partition coefficient (Wildman–Crippen LogP) is 3.50. The van der Waals surface area contributed by atoms with Crippen LogP contribution in [0.3, 0.4) is 0 Å². The lowest BCUT2D eigenvalue weighted by Gasteiger charge is -2.35. The van der Waals surface area contributed by atoms with Gasteiger partial charge in [-0.1, -0.05) is 13.8 Å². The van der Waals surface area contributed by atoms with Crippen molar-refractivity contribution in [3.05, 3.63) is 34.6 Å². The van der Waals surface area contributed by atoms with Gasteiger partial charge >= 0.3 is 0 Å². The summed E-state index contributed by atoms with van der Waals surface area (Å²) in [5.41, 5.74) is -1.38. The molecule has 0 aromatic heterocycles. The quantitative estimate of drug-likeness (QED) is 0.442. The summed E-state index contributed by atoms with van der Waals surface area (Å²) in [6.45, 7) is 4.16. The van der Waals surface area contributed by atoms with E-state index in [1.54, 1.807) is 0 Å². The van der Waals surface area contributed by atoms with E-state index in [-0.39, 0.29) is 24.9 Å². The maximum atomic E-state index is 13.6. The Bertz CT molecular complexity index is 550. The van der Waals surface area contributed by atoms with E-state index < -0.39 is 40.6 Å². The van der Waals surface area contributed by atoms with Gasteiger partial charge in [0.1, 0.15) is 5.56 Å². The van der Waals surface area contributed by atoms with Crippen LogP contribution in [0.2, 0.25) is 0 Å². The van der Waals surface area contributed by atoms with Gasteiger partial charge in [0.15, 0.2) is 23.3 Å².